The molecule has 3 aromatic rings. The Morgan fingerprint density at radius 2 is 2.00 bits per heavy atom. The van der Waals surface area contributed by atoms with Crippen molar-refractivity contribution in [3.63, 3.8) is 0 Å². The number of nitro benzene ring substituents is 1. The molecule has 0 fully saturated rings. The summed E-state index contributed by atoms with van der Waals surface area (Å²) in [6.45, 7) is 1.98. The van der Waals surface area contributed by atoms with Crippen LogP contribution >= 0.6 is 0 Å². The Morgan fingerprint density at radius 1 is 1.19 bits per heavy atom. The number of rotatable bonds is 6. The minimum atomic E-state index is -0.557. The second-order valence-corrected chi connectivity index (χ2v) is 5.10. The van der Waals surface area contributed by atoms with E-state index in [1.165, 1.54) is 43.8 Å². The number of nitro groups is 1. The first kappa shape index (κ1) is 17.3. The fourth-order valence-corrected chi connectivity index (χ4v) is 2.36. The van der Waals surface area contributed by atoms with Gasteiger partial charge in [-0.1, -0.05) is 0 Å². The fraction of sp³-hybridized carbons (Fsp3) is 0.176. The number of methoxy groups -OCH3 is 1. The van der Waals surface area contributed by atoms with Gasteiger partial charge in [-0.25, -0.2) is 14.4 Å². The summed E-state index contributed by atoms with van der Waals surface area (Å²) in [5, 5.41) is 11.5. The highest BCUT2D eigenvalue weighted by Gasteiger charge is 2.17. The van der Waals surface area contributed by atoms with Gasteiger partial charge in [-0.05, 0) is 19.1 Å². The first-order chi connectivity index (χ1) is 12.5. The van der Waals surface area contributed by atoms with Crippen molar-refractivity contribution in [1.29, 1.82) is 0 Å². The number of nitrogens with zero attached hydrogens (tertiary/aromatic N) is 3. The second-order valence-electron chi connectivity index (χ2n) is 5.10. The molecule has 0 unspecified atom stereocenters. The van der Waals surface area contributed by atoms with Gasteiger partial charge in [0.15, 0.2) is 11.6 Å². The molecule has 1 heterocycles. The smallest absolute Gasteiger partial charge is 0.311 e. The zero-order chi connectivity index (χ0) is 18.7. The molecule has 1 aromatic heterocycles. The Bertz CT molecular complexity index is 980. The third-order valence-corrected chi connectivity index (χ3v) is 3.51. The van der Waals surface area contributed by atoms with Crippen molar-refractivity contribution in [1.82, 2.24) is 9.97 Å². The van der Waals surface area contributed by atoms with E-state index in [1.807, 2.05) is 0 Å². The number of hydrogen-bond acceptors (Lipinski definition) is 7. The average Bonchev–Trinajstić information content (AvgIpc) is 2.61. The van der Waals surface area contributed by atoms with Gasteiger partial charge in [0.2, 0.25) is 11.6 Å². The van der Waals surface area contributed by atoms with Crippen LogP contribution in [0.1, 0.15) is 6.92 Å². The molecule has 0 saturated heterocycles. The third kappa shape index (κ3) is 3.32. The molecule has 0 aliphatic heterocycles. The number of aromatic nitrogens is 2. The molecule has 0 saturated carbocycles. The van der Waals surface area contributed by atoms with Crippen molar-refractivity contribution >= 4 is 16.6 Å². The Balaban J connectivity index is 2.03. The van der Waals surface area contributed by atoms with Gasteiger partial charge in [-0.3, -0.25) is 10.1 Å². The Hall–Kier alpha value is -3.49. The quantitative estimate of drug-likeness (QED) is 0.487. The van der Waals surface area contributed by atoms with E-state index < -0.39 is 10.7 Å². The van der Waals surface area contributed by atoms with Crippen LogP contribution in [0.2, 0.25) is 0 Å². The van der Waals surface area contributed by atoms with Crippen molar-refractivity contribution in [2.24, 2.45) is 0 Å². The summed E-state index contributed by atoms with van der Waals surface area (Å²) >= 11 is 0. The van der Waals surface area contributed by atoms with Gasteiger partial charge in [0.1, 0.15) is 12.1 Å². The molecule has 0 spiro atoms. The Labute approximate surface area is 147 Å². The van der Waals surface area contributed by atoms with Gasteiger partial charge >= 0.3 is 5.69 Å². The highest BCUT2D eigenvalue weighted by molar-refractivity contribution is 5.85. The molecular formula is C17H14FN3O5. The normalized spacial score (nSPS) is 10.6. The molecule has 0 radical (unpaired) electrons. The van der Waals surface area contributed by atoms with Gasteiger partial charge < -0.3 is 14.2 Å². The Morgan fingerprint density at radius 3 is 2.69 bits per heavy atom. The number of hydrogen-bond donors (Lipinski definition) is 0. The molecule has 3 rings (SSSR count). The molecule has 0 aliphatic rings. The number of benzene rings is 2. The van der Waals surface area contributed by atoms with Gasteiger partial charge in [-0.2, -0.15) is 0 Å². The van der Waals surface area contributed by atoms with E-state index in [4.69, 9.17) is 14.2 Å². The molecule has 2 aromatic carbocycles. The fourth-order valence-electron chi connectivity index (χ4n) is 2.36. The summed E-state index contributed by atoms with van der Waals surface area (Å²) in [6, 6.07) is 6.74. The van der Waals surface area contributed by atoms with Gasteiger partial charge in [0.25, 0.3) is 0 Å². The highest BCUT2D eigenvalue weighted by atomic mass is 19.1. The van der Waals surface area contributed by atoms with Crippen LogP contribution in [0, 0.1) is 15.9 Å². The summed E-state index contributed by atoms with van der Waals surface area (Å²) in [5.74, 6) is -0.0154. The van der Waals surface area contributed by atoms with E-state index in [9.17, 15) is 14.5 Å². The van der Waals surface area contributed by atoms with Crippen molar-refractivity contribution in [3.05, 3.63) is 52.6 Å². The molecule has 26 heavy (non-hydrogen) atoms. The van der Waals surface area contributed by atoms with Crippen molar-refractivity contribution < 1.29 is 23.5 Å². The average molecular weight is 359 g/mol. The summed E-state index contributed by atoms with van der Waals surface area (Å²) in [6.07, 6.45) is 1.23. The first-order valence-electron chi connectivity index (χ1n) is 7.60. The summed E-state index contributed by atoms with van der Waals surface area (Å²) in [4.78, 5) is 18.6. The van der Waals surface area contributed by atoms with Crippen LogP contribution in [0.25, 0.3) is 10.9 Å². The minimum Gasteiger partial charge on any atom is -0.494 e. The summed E-state index contributed by atoms with van der Waals surface area (Å²) in [7, 11) is 1.35. The van der Waals surface area contributed by atoms with E-state index in [0.29, 0.717) is 10.9 Å². The maximum absolute atomic E-state index is 13.8. The van der Waals surface area contributed by atoms with Crippen LogP contribution in [0.3, 0.4) is 0 Å². The van der Waals surface area contributed by atoms with E-state index in [-0.39, 0.29) is 35.4 Å². The largest absolute Gasteiger partial charge is 0.494 e. The van der Waals surface area contributed by atoms with Gasteiger partial charge in [0, 0.05) is 18.2 Å². The molecule has 0 N–H and O–H groups in total. The van der Waals surface area contributed by atoms with Crippen LogP contribution < -0.4 is 14.2 Å². The molecule has 0 amide bonds. The van der Waals surface area contributed by atoms with Crippen LogP contribution in [-0.2, 0) is 0 Å². The molecule has 8 nitrogen and oxygen atoms in total. The maximum atomic E-state index is 13.8. The van der Waals surface area contributed by atoms with Crippen molar-refractivity contribution in [2.75, 3.05) is 13.7 Å². The topological polar surface area (TPSA) is 96.6 Å². The molecular weight excluding hydrogens is 345 g/mol. The van der Waals surface area contributed by atoms with Crippen molar-refractivity contribution in [2.45, 2.75) is 6.92 Å². The summed E-state index contributed by atoms with van der Waals surface area (Å²) in [5.41, 5.74) is 0.163. The lowest BCUT2D eigenvalue weighted by molar-refractivity contribution is -0.385. The molecule has 0 bridgehead atoms. The third-order valence-electron chi connectivity index (χ3n) is 3.51. The van der Waals surface area contributed by atoms with Crippen LogP contribution in [-0.4, -0.2) is 28.6 Å². The second kappa shape index (κ2) is 7.18. The summed E-state index contributed by atoms with van der Waals surface area (Å²) < 4.78 is 29.8. The SMILES string of the molecule is CCOc1cc(Oc2ncnc3cc(F)c(OC)cc23)ccc1[N+](=O)[O-]. The highest BCUT2D eigenvalue weighted by Crippen LogP contribution is 2.35. The van der Waals surface area contributed by atoms with E-state index in [1.54, 1.807) is 6.92 Å². The van der Waals surface area contributed by atoms with Gasteiger partial charge in [0.05, 0.1) is 29.5 Å². The molecule has 134 valence electrons. The zero-order valence-electron chi connectivity index (χ0n) is 13.9. The Kier molecular flexibility index (Phi) is 4.78. The van der Waals surface area contributed by atoms with E-state index in [2.05, 4.69) is 9.97 Å². The predicted octanol–water partition coefficient (Wildman–Crippen LogP) is 3.88. The lowest BCUT2D eigenvalue weighted by Crippen LogP contribution is -1.99. The van der Waals surface area contributed by atoms with E-state index >= 15 is 0 Å². The molecule has 9 heteroatoms. The van der Waals surface area contributed by atoms with Crippen molar-refractivity contribution in [3.8, 4) is 23.1 Å². The number of fused-ring (bicyclic) bond motifs is 1. The van der Waals surface area contributed by atoms with Crippen LogP contribution in [0.5, 0.6) is 23.1 Å². The minimum absolute atomic E-state index is 0.0239. The molecule has 0 atom stereocenters. The zero-order valence-corrected chi connectivity index (χ0v) is 13.9. The lowest BCUT2D eigenvalue weighted by atomic mass is 10.2. The lowest BCUT2D eigenvalue weighted by Gasteiger charge is -2.10. The number of halogens is 1. The maximum Gasteiger partial charge on any atom is 0.311 e. The monoisotopic (exact) mass is 359 g/mol. The van der Waals surface area contributed by atoms with Crippen LogP contribution in [0.4, 0.5) is 10.1 Å². The standard InChI is InChI=1S/C17H14FN3O5/c1-3-25-16-6-10(4-5-14(16)21(22)23)26-17-11-7-15(24-2)12(18)8-13(11)19-9-20-17/h4-9H,3H2,1-2H3. The van der Waals surface area contributed by atoms with Gasteiger partial charge in [-0.15, -0.1) is 0 Å². The first-order valence-corrected chi connectivity index (χ1v) is 7.60. The predicted molar refractivity (Wildman–Crippen MR) is 90.4 cm³/mol. The van der Waals surface area contributed by atoms with Crippen LogP contribution in [0.15, 0.2) is 36.7 Å². The number of ether oxygens (including phenoxy) is 3. The van der Waals surface area contributed by atoms with E-state index in [0.717, 1.165) is 0 Å². The molecule has 0 aliphatic carbocycles.